The van der Waals surface area contributed by atoms with Gasteiger partial charge in [-0.25, -0.2) is 14.3 Å². The van der Waals surface area contributed by atoms with E-state index in [2.05, 4.69) is 41.9 Å². The predicted octanol–water partition coefficient (Wildman–Crippen LogP) is 0.796. The number of imide groups is 1. The molecule has 1 atom stereocenters. The Morgan fingerprint density at radius 3 is 2.42 bits per heavy atom. The highest BCUT2D eigenvalue weighted by atomic mass is 16.2. The molecule has 0 spiro atoms. The number of carbonyl (C=O) groups excluding carboxylic acids is 2. The lowest BCUT2D eigenvalue weighted by Gasteiger charge is -2.31. The number of guanidine groups is 1. The van der Waals surface area contributed by atoms with Gasteiger partial charge < -0.3 is 0 Å². The smallest absolute Gasteiger partial charge is 0.270 e. The molecular weight excluding hydrogens is 306 g/mol. The van der Waals surface area contributed by atoms with Crippen LogP contribution in [0.3, 0.4) is 0 Å². The molecule has 1 fully saturated rings. The lowest BCUT2D eigenvalue weighted by atomic mass is 10.1. The molecule has 124 valence electrons. The largest absolute Gasteiger partial charge is 0.397 e. The molecule has 3 amide bonds. The molecule has 1 saturated heterocycles. The van der Waals surface area contributed by atoms with Gasteiger partial charge in [0, 0.05) is 14.1 Å². The molecule has 0 aliphatic carbocycles. The summed E-state index contributed by atoms with van der Waals surface area (Å²) in [7, 11) is 3.19. The van der Waals surface area contributed by atoms with Gasteiger partial charge in [-0.2, -0.15) is 0 Å². The Kier molecular flexibility index (Phi) is 3.03. The van der Waals surface area contributed by atoms with Crippen LogP contribution in [0.2, 0.25) is 0 Å². The van der Waals surface area contributed by atoms with Gasteiger partial charge in [-0.1, -0.05) is 11.1 Å². The third-order valence-corrected chi connectivity index (χ3v) is 4.83. The van der Waals surface area contributed by atoms with Gasteiger partial charge in [0.25, 0.3) is 5.91 Å². The minimum absolute atomic E-state index is 0.214. The van der Waals surface area contributed by atoms with E-state index in [1.165, 1.54) is 28.0 Å². The highest BCUT2D eigenvalue weighted by Gasteiger charge is 2.54. The summed E-state index contributed by atoms with van der Waals surface area (Å²) in [6.45, 7) is 5.63. The molecule has 1 aromatic rings. The number of benzene rings is 1. The topological polar surface area (TPSA) is 59.2 Å². The van der Waals surface area contributed by atoms with Crippen LogP contribution < -0.4 is 4.90 Å². The van der Waals surface area contributed by atoms with E-state index in [4.69, 9.17) is 0 Å². The highest BCUT2D eigenvalue weighted by molar-refractivity contribution is 6.24. The maximum absolute atomic E-state index is 12.6. The molecule has 1 aromatic carbocycles. The van der Waals surface area contributed by atoms with Gasteiger partial charge in [0.2, 0.25) is 11.9 Å². The average Bonchev–Trinajstić information content (AvgIpc) is 3.08. The molecular formula is C17H20N5O2+. The van der Waals surface area contributed by atoms with E-state index in [-0.39, 0.29) is 11.9 Å². The SMILES string of the molecule is Cc1cc(C)cc(N2CC[N+]3=C2N=C2C3C(=O)N(C)C(=O)N2C)c1. The maximum atomic E-state index is 12.6. The fourth-order valence-corrected chi connectivity index (χ4v) is 3.69. The van der Waals surface area contributed by atoms with Gasteiger partial charge in [0.1, 0.15) is 12.2 Å². The second-order valence-corrected chi connectivity index (χ2v) is 6.60. The molecule has 0 N–H and O–H groups in total. The lowest BCUT2D eigenvalue weighted by Crippen LogP contribution is -2.61. The zero-order valence-electron chi connectivity index (χ0n) is 14.3. The number of amidine groups is 1. The Balaban J connectivity index is 1.78. The van der Waals surface area contributed by atoms with E-state index in [1.54, 1.807) is 7.05 Å². The molecule has 1 unspecified atom stereocenters. The van der Waals surface area contributed by atoms with Crippen LogP contribution in [0.5, 0.6) is 0 Å². The summed E-state index contributed by atoms with van der Waals surface area (Å²) in [4.78, 5) is 34.1. The Morgan fingerprint density at radius 2 is 1.75 bits per heavy atom. The number of amides is 3. The first kappa shape index (κ1) is 14.9. The number of fused-ring (bicyclic) bond motifs is 2. The quantitative estimate of drug-likeness (QED) is 0.717. The van der Waals surface area contributed by atoms with E-state index in [0.29, 0.717) is 12.4 Å². The number of aryl methyl sites for hydroxylation is 2. The molecule has 0 radical (unpaired) electrons. The molecule has 3 heterocycles. The van der Waals surface area contributed by atoms with Crippen LogP contribution in [-0.4, -0.2) is 71.3 Å². The van der Waals surface area contributed by atoms with Gasteiger partial charge in [-0.15, -0.1) is 0 Å². The number of hydrogen-bond acceptors (Lipinski definition) is 4. The summed E-state index contributed by atoms with van der Waals surface area (Å²) in [5, 5.41) is 0. The fourth-order valence-electron chi connectivity index (χ4n) is 3.69. The molecule has 3 aliphatic heterocycles. The van der Waals surface area contributed by atoms with E-state index in [1.807, 2.05) is 4.58 Å². The Labute approximate surface area is 140 Å². The average molecular weight is 326 g/mol. The molecule has 0 bridgehead atoms. The lowest BCUT2D eigenvalue weighted by molar-refractivity contribution is -0.525. The zero-order valence-corrected chi connectivity index (χ0v) is 14.3. The van der Waals surface area contributed by atoms with E-state index in [9.17, 15) is 9.59 Å². The molecule has 0 saturated carbocycles. The van der Waals surface area contributed by atoms with Gasteiger partial charge >= 0.3 is 12.0 Å². The minimum Gasteiger partial charge on any atom is -0.270 e. The number of anilines is 1. The summed E-state index contributed by atoms with van der Waals surface area (Å²) < 4.78 is 1.99. The first-order valence-electron chi connectivity index (χ1n) is 8.02. The first-order valence-corrected chi connectivity index (χ1v) is 8.02. The van der Waals surface area contributed by atoms with Crippen LogP contribution in [0.4, 0.5) is 10.5 Å². The number of likely N-dealkylation sites (N-methyl/N-ethyl adjacent to an activating group) is 2. The van der Waals surface area contributed by atoms with Gasteiger partial charge in [0.05, 0.1) is 6.54 Å². The monoisotopic (exact) mass is 326 g/mol. The molecule has 7 nitrogen and oxygen atoms in total. The number of urea groups is 1. The normalized spacial score (nSPS) is 23.1. The number of nitrogens with zero attached hydrogens (tertiary/aromatic N) is 5. The van der Waals surface area contributed by atoms with Crippen molar-refractivity contribution < 1.29 is 14.2 Å². The summed E-state index contributed by atoms with van der Waals surface area (Å²) in [5.41, 5.74) is 3.45. The standard InChI is InChI=1S/C17H20N5O2/c1-10-7-11(2)9-12(8-10)21-5-6-22-13-14(18-16(21)22)19(3)17(24)20(4)15(13)23/h7-9,13H,5-6H2,1-4H3/q+1. The van der Waals surface area contributed by atoms with Crippen molar-refractivity contribution in [3.63, 3.8) is 0 Å². The number of aliphatic imine (C=N–C) groups is 1. The summed E-state index contributed by atoms with van der Waals surface area (Å²) in [6, 6.07) is 5.54. The number of rotatable bonds is 1. The number of hydrogen-bond donors (Lipinski definition) is 0. The minimum atomic E-state index is -0.497. The van der Waals surface area contributed by atoms with Gasteiger partial charge in [-0.05, 0) is 37.1 Å². The van der Waals surface area contributed by atoms with Crippen LogP contribution in [0.25, 0.3) is 0 Å². The van der Waals surface area contributed by atoms with Crippen LogP contribution >= 0.6 is 0 Å². The third kappa shape index (κ3) is 1.90. The molecule has 24 heavy (non-hydrogen) atoms. The summed E-state index contributed by atoms with van der Waals surface area (Å²) >= 11 is 0. The Hall–Kier alpha value is -2.70. The Morgan fingerprint density at radius 1 is 1.08 bits per heavy atom. The van der Waals surface area contributed by atoms with Crippen LogP contribution in [0.1, 0.15) is 11.1 Å². The first-order chi connectivity index (χ1) is 11.4. The zero-order chi connectivity index (χ0) is 17.2. The van der Waals surface area contributed by atoms with E-state index in [0.717, 1.165) is 18.2 Å². The number of carbonyl (C=O) groups is 2. The van der Waals surface area contributed by atoms with Crippen molar-refractivity contribution in [2.75, 3.05) is 32.1 Å². The summed E-state index contributed by atoms with van der Waals surface area (Å²) in [6.07, 6.45) is 0. The van der Waals surface area contributed by atoms with Gasteiger partial charge in [0.15, 0.2) is 0 Å². The molecule has 0 aromatic heterocycles. The fraction of sp³-hybridized carbons (Fsp3) is 0.412. The highest BCUT2D eigenvalue weighted by Crippen LogP contribution is 2.27. The van der Waals surface area contributed by atoms with E-state index < -0.39 is 6.04 Å². The second kappa shape index (κ2) is 4.90. The predicted molar refractivity (Wildman–Crippen MR) is 90.5 cm³/mol. The van der Waals surface area contributed by atoms with Crippen molar-refractivity contribution in [1.82, 2.24) is 9.80 Å². The second-order valence-electron chi connectivity index (χ2n) is 6.60. The van der Waals surface area contributed by atoms with Crippen molar-refractivity contribution in [2.24, 2.45) is 4.99 Å². The molecule has 7 heteroatoms. The van der Waals surface area contributed by atoms with Gasteiger partial charge in [-0.3, -0.25) is 14.6 Å². The molecule has 4 rings (SSSR count). The third-order valence-electron chi connectivity index (χ3n) is 4.83. The van der Waals surface area contributed by atoms with Crippen molar-refractivity contribution in [3.05, 3.63) is 29.3 Å². The van der Waals surface area contributed by atoms with E-state index >= 15 is 0 Å². The molecule has 3 aliphatic rings. The maximum Gasteiger partial charge on any atom is 0.397 e. The Bertz CT molecular complexity index is 821. The van der Waals surface area contributed by atoms with Crippen molar-refractivity contribution in [1.29, 1.82) is 0 Å². The van der Waals surface area contributed by atoms with Crippen molar-refractivity contribution >= 4 is 29.4 Å². The summed E-state index contributed by atoms with van der Waals surface area (Å²) in [5.74, 6) is 1.06. The van der Waals surface area contributed by atoms with Crippen LogP contribution in [0.15, 0.2) is 23.2 Å². The van der Waals surface area contributed by atoms with Crippen LogP contribution in [0, 0.1) is 13.8 Å². The van der Waals surface area contributed by atoms with Crippen LogP contribution in [-0.2, 0) is 4.79 Å². The van der Waals surface area contributed by atoms with Crippen molar-refractivity contribution in [2.45, 2.75) is 19.9 Å². The van der Waals surface area contributed by atoms with Crippen molar-refractivity contribution in [3.8, 4) is 0 Å².